The van der Waals surface area contributed by atoms with Crippen LogP contribution in [0.25, 0.3) is 11.1 Å². The monoisotopic (exact) mass is 641 g/mol. The molecular weight excluding hydrogens is 613 g/mol. The van der Waals surface area contributed by atoms with Crippen molar-refractivity contribution in [3.05, 3.63) is 65.2 Å². The Balaban J connectivity index is 1.58. The van der Waals surface area contributed by atoms with E-state index in [1.165, 1.54) is 6.08 Å². The summed E-state index contributed by atoms with van der Waals surface area (Å²) in [5.41, 5.74) is -1.13. The molecule has 2 aromatic carbocycles. The number of halogens is 6. The summed E-state index contributed by atoms with van der Waals surface area (Å²) in [6.07, 6.45) is -4.43. The number of amides is 1. The minimum Gasteiger partial charge on any atom is -0.374 e. The topological polar surface area (TPSA) is 60.4 Å². The molecule has 1 amide bonds. The van der Waals surface area contributed by atoms with Crippen LogP contribution in [0, 0.1) is 5.82 Å². The summed E-state index contributed by atoms with van der Waals surface area (Å²) < 4.78 is 83.4. The van der Waals surface area contributed by atoms with Crippen LogP contribution in [0.4, 0.5) is 27.1 Å². The Bertz CT molecular complexity index is 1580. The third kappa shape index (κ3) is 4.80. The molecule has 0 bridgehead atoms. The average molecular weight is 642 g/mol. The van der Waals surface area contributed by atoms with Gasteiger partial charge in [-0.15, -0.1) is 0 Å². The minimum absolute atomic E-state index is 0.0731. The summed E-state index contributed by atoms with van der Waals surface area (Å²) in [7, 11) is -2.01. The highest BCUT2D eigenvalue weighted by Gasteiger charge is 2.53. The van der Waals surface area contributed by atoms with Crippen LogP contribution in [-0.2, 0) is 15.7 Å². The van der Waals surface area contributed by atoms with Gasteiger partial charge in [0, 0.05) is 54.5 Å². The Morgan fingerprint density at radius 1 is 1.23 bits per heavy atom. The van der Waals surface area contributed by atoms with Crippen molar-refractivity contribution >= 4 is 39.4 Å². The Kier molecular flexibility index (Phi) is 7.51. The van der Waals surface area contributed by atoms with E-state index in [1.54, 1.807) is 21.7 Å². The number of carbonyl (C=O) groups is 1. The maximum atomic E-state index is 17.9. The van der Waals surface area contributed by atoms with Crippen molar-refractivity contribution < 1.29 is 31.0 Å². The molecule has 2 atom stereocenters. The highest BCUT2D eigenvalue weighted by atomic mass is 35.5. The number of ether oxygens (including phenoxy) is 1. The molecule has 1 saturated heterocycles. The van der Waals surface area contributed by atoms with Crippen LogP contribution in [0.15, 0.2) is 58.0 Å². The summed E-state index contributed by atoms with van der Waals surface area (Å²) in [5.74, 6) is -0.991. The molecule has 4 aliphatic rings. The molecule has 4 aliphatic heterocycles. The van der Waals surface area contributed by atoms with Crippen molar-refractivity contribution in [2.75, 3.05) is 63.6 Å². The lowest BCUT2D eigenvalue weighted by atomic mass is 9.93. The Morgan fingerprint density at radius 2 is 1.95 bits per heavy atom. The van der Waals surface area contributed by atoms with E-state index >= 15 is 3.89 Å². The van der Waals surface area contributed by atoms with Gasteiger partial charge >= 0.3 is 6.18 Å². The number of fused-ring (bicyclic) bond motifs is 3. The Labute approximate surface area is 252 Å². The van der Waals surface area contributed by atoms with Gasteiger partial charge in [0.2, 0.25) is 5.91 Å². The largest absolute Gasteiger partial charge is 0.417 e. The standard InChI is InChI=1S/C29H29ClF5N5O2S/c1-4-24(41)38-6-8-39(9-7-38)28-19-11-20(29(32,33)34)25-18-12-21(30)22(31)13-23(18)43(35)15-17(42-10-5-36-3)14-40(16(2)37-28)26(19)27(25)43/h4,11-13,17,36H,1-2,5-10,14-15H2,3H3. The quantitative estimate of drug-likeness (QED) is 0.263. The summed E-state index contributed by atoms with van der Waals surface area (Å²) >= 11 is 6.07. The first-order valence-corrected chi connectivity index (χ1v) is 15.7. The molecule has 2 aromatic rings. The highest BCUT2D eigenvalue weighted by molar-refractivity contribution is 8.30. The van der Waals surface area contributed by atoms with E-state index in [9.17, 15) is 22.4 Å². The fraction of sp³-hybridized carbons (Fsp3) is 0.379. The summed E-state index contributed by atoms with van der Waals surface area (Å²) in [4.78, 5) is 21.5. The molecule has 0 radical (unpaired) electrons. The molecule has 0 saturated carbocycles. The van der Waals surface area contributed by atoms with Gasteiger partial charge in [-0.1, -0.05) is 24.8 Å². The zero-order valence-corrected chi connectivity index (χ0v) is 24.8. The Hall–Kier alpha value is -3.13. The predicted molar refractivity (Wildman–Crippen MR) is 157 cm³/mol. The average Bonchev–Trinajstić information content (AvgIpc) is 3.10. The molecule has 14 heteroatoms. The van der Waals surface area contributed by atoms with Gasteiger partial charge in [-0.25, -0.2) is 9.38 Å². The molecule has 43 heavy (non-hydrogen) atoms. The van der Waals surface area contributed by atoms with Gasteiger partial charge in [0.1, 0.15) is 17.5 Å². The lowest BCUT2D eigenvalue weighted by molar-refractivity contribution is -0.137. The normalized spacial score (nSPS) is 24.2. The van der Waals surface area contributed by atoms with E-state index in [0.717, 1.165) is 18.2 Å². The molecule has 0 spiro atoms. The lowest BCUT2D eigenvalue weighted by Gasteiger charge is -2.41. The fourth-order valence-electron chi connectivity index (χ4n) is 6.19. The van der Waals surface area contributed by atoms with Gasteiger partial charge in [0.15, 0.2) is 0 Å². The van der Waals surface area contributed by atoms with Crippen molar-refractivity contribution in [1.29, 1.82) is 0 Å². The molecule has 0 aliphatic carbocycles. The van der Waals surface area contributed by atoms with Crippen LogP contribution in [0.1, 0.15) is 11.1 Å². The minimum atomic E-state index is -4.88. The number of aliphatic imine (C=N–C) groups is 1. The van der Waals surface area contributed by atoms with E-state index in [-0.39, 0.29) is 81.7 Å². The molecule has 230 valence electrons. The van der Waals surface area contributed by atoms with Gasteiger partial charge in [0.25, 0.3) is 0 Å². The molecule has 7 nitrogen and oxygen atoms in total. The van der Waals surface area contributed by atoms with E-state index in [1.807, 2.05) is 0 Å². The van der Waals surface area contributed by atoms with Crippen LogP contribution in [0.2, 0.25) is 5.02 Å². The molecule has 4 heterocycles. The third-order valence-corrected chi connectivity index (χ3v) is 11.4. The molecule has 2 unspecified atom stereocenters. The van der Waals surface area contributed by atoms with Crippen LogP contribution < -0.4 is 10.2 Å². The van der Waals surface area contributed by atoms with Crippen LogP contribution in [-0.4, -0.2) is 86.3 Å². The second kappa shape index (κ2) is 10.8. The van der Waals surface area contributed by atoms with Gasteiger partial charge in [-0.3, -0.25) is 4.79 Å². The number of nitrogens with one attached hydrogen (secondary N) is 1. The Morgan fingerprint density at radius 3 is 2.60 bits per heavy atom. The number of nitrogens with zero attached hydrogens (tertiary/aromatic N) is 4. The van der Waals surface area contributed by atoms with E-state index in [2.05, 4.69) is 23.5 Å². The second-order valence-corrected chi connectivity index (χ2v) is 13.6. The van der Waals surface area contributed by atoms with E-state index in [0.29, 0.717) is 19.6 Å². The van der Waals surface area contributed by atoms with Crippen molar-refractivity contribution in [2.45, 2.75) is 22.1 Å². The van der Waals surface area contributed by atoms with Crippen LogP contribution >= 0.6 is 22.0 Å². The van der Waals surface area contributed by atoms with Gasteiger partial charge < -0.3 is 24.8 Å². The first-order chi connectivity index (χ1) is 20.4. The maximum absolute atomic E-state index is 17.9. The fourth-order valence-corrected chi connectivity index (χ4v) is 9.50. The lowest BCUT2D eigenvalue weighted by Crippen LogP contribution is -2.51. The molecule has 1 N–H and O–H groups in total. The first-order valence-electron chi connectivity index (χ1n) is 13.6. The van der Waals surface area contributed by atoms with Gasteiger partial charge in [0.05, 0.1) is 40.4 Å². The zero-order chi connectivity index (χ0) is 30.8. The number of rotatable bonds is 5. The van der Waals surface area contributed by atoms with Gasteiger partial charge in [-0.2, -0.15) is 17.1 Å². The molecule has 1 fully saturated rings. The number of hydrogen-bond donors (Lipinski definition) is 1. The molecule has 6 rings (SSSR count). The summed E-state index contributed by atoms with van der Waals surface area (Å²) in [5, 5.41) is 2.56. The highest BCUT2D eigenvalue weighted by Crippen LogP contribution is 2.78. The number of alkyl halides is 3. The first kappa shape index (κ1) is 29.9. The number of piperazine rings is 1. The van der Waals surface area contributed by atoms with Crippen molar-refractivity contribution in [2.24, 2.45) is 4.99 Å². The molecule has 0 aromatic heterocycles. The van der Waals surface area contributed by atoms with Crippen molar-refractivity contribution in [1.82, 2.24) is 15.1 Å². The SMILES string of the molecule is C=CC(=O)N1CCN(C2=NC(=C)N3CC(OCCNC)CS4(F)c5cc(F)c(Cl)cc5-c5c(C(F)(F)F)cc2c3c54)CC1. The van der Waals surface area contributed by atoms with Gasteiger partial charge in [-0.05, 0) is 47.3 Å². The molecular formula is C29H29ClF5N5O2S. The number of likely N-dealkylation sites (N-methyl/N-ethyl adjacent to an activating group) is 1. The van der Waals surface area contributed by atoms with Crippen LogP contribution in [0.5, 0.6) is 0 Å². The summed E-state index contributed by atoms with van der Waals surface area (Å²) in [6, 6.07) is 3.02. The smallest absolute Gasteiger partial charge is 0.374 e. The number of benzene rings is 2. The number of hydrogen-bond acceptors (Lipinski definition) is 6. The number of anilines is 1. The number of carbonyl (C=O) groups excluding carboxylic acids is 1. The summed E-state index contributed by atoms with van der Waals surface area (Å²) in [6.45, 7) is 9.59. The zero-order valence-electron chi connectivity index (χ0n) is 23.2. The van der Waals surface area contributed by atoms with E-state index < -0.39 is 39.1 Å². The second-order valence-electron chi connectivity index (χ2n) is 10.7. The van der Waals surface area contributed by atoms with Crippen LogP contribution in [0.3, 0.4) is 0 Å². The van der Waals surface area contributed by atoms with Crippen molar-refractivity contribution in [3.63, 3.8) is 0 Å². The predicted octanol–water partition coefficient (Wildman–Crippen LogP) is 5.57. The van der Waals surface area contributed by atoms with E-state index in [4.69, 9.17) is 16.3 Å². The number of amidine groups is 1. The maximum Gasteiger partial charge on any atom is 0.417 e. The third-order valence-electron chi connectivity index (χ3n) is 8.15. The van der Waals surface area contributed by atoms with Crippen molar-refractivity contribution in [3.8, 4) is 11.1 Å².